The van der Waals surface area contributed by atoms with Crippen LogP contribution in [-0.2, 0) is 0 Å². The maximum absolute atomic E-state index is 4.98. The highest BCUT2D eigenvalue weighted by Crippen LogP contribution is 2.41. The van der Waals surface area contributed by atoms with Gasteiger partial charge in [0.2, 0.25) is 0 Å². The topological polar surface area (TPSA) is 38.7 Å². The second kappa shape index (κ2) is 10.1. The number of fused-ring (bicyclic) bond motifs is 4. The highest BCUT2D eigenvalue weighted by molar-refractivity contribution is 6.17. The molecule has 3 heteroatoms. The molecule has 5 aromatic carbocycles. The van der Waals surface area contributed by atoms with Crippen LogP contribution in [0.3, 0.4) is 0 Å². The zero-order chi connectivity index (χ0) is 27.9. The molecule has 0 unspecified atom stereocenters. The number of pyridine rings is 3. The lowest BCUT2D eigenvalue weighted by Gasteiger charge is -2.16. The summed E-state index contributed by atoms with van der Waals surface area (Å²) in [6.45, 7) is 0. The molecular weight excluding hydrogens is 510 g/mol. The van der Waals surface area contributed by atoms with Crippen LogP contribution in [0, 0.1) is 0 Å². The van der Waals surface area contributed by atoms with Crippen LogP contribution in [0.2, 0.25) is 0 Å². The molecule has 0 saturated carbocycles. The number of benzene rings is 5. The lowest BCUT2D eigenvalue weighted by molar-refractivity contribution is 1.22. The summed E-state index contributed by atoms with van der Waals surface area (Å²) < 4.78 is 0. The van der Waals surface area contributed by atoms with E-state index in [1.165, 1.54) is 43.4 Å². The van der Waals surface area contributed by atoms with Crippen LogP contribution >= 0.6 is 0 Å². The molecule has 3 heterocycles. The summed E-state index contributed by atoms with van der Waals surface area (Å²) in [6.07, 6.45) is 3.62. The molecule has 0 fully saturated rings. The zero-order valence-electron chi connectivity index (χ0n) is 22.8. The van der Waals surface area contributed by atoms with Gasteiger partial charge in [0.15, 0.2) is 0 Å². The third kappa shape index (κ3) is 4.11. The quantitative estimate of drug-likeness (QED) is 0.211. The normalized spacial score (nSPS) is 11.3. The molecular formula is C39H25N3. The molecule has 42 heavy (non-hydrogen) atoms. The first-order valence-corrected chi connectivity index (χ1v) is 14.1. The number of hydrogen-bond acceptors (Lipinski definition) is 3. The second-order valence-corrected chi connectivity index (χ2v) is 10.5. The van der Waals surface area contributed by atoms with E-state index >= 15 is 0 Å². The number of hydrogen-bond donors (Lipinski definition) is 0. The average molecular weight is 536 g/mol. The summed E-state index contributed by atoms with van der Waals surface area (Å²) in [5.74, 6) is 0. The minimum atomic E-state index is 0.822. The van der Waals surface area contributed by atoms with Crippen molar-refractivity contribution in [3.05, 3.63) is 152 Å². The minimum absolute atomic E-state index is 0.822. The van der Waals surface area contributed by atoms with Crippen LogP contribution in [0.25, 0.3) is 77.3 Å². The lowest BCUT2D eigenvalue weighted by Crippen LogP contribution is -1.94. The van der Waals surface area contributed by atoms with Gasteiger partial charge < -0.3 is 0 Å². The van der Waals surface area contributed by atoms with Gasteiger partial charge in [0.25, 0.3) is 0 Å². The van der Waals surface area contributed by atoms with Crippen molar-refractivity contribution in [2.75, 3.05) is 0 Å². The first-order valence-electron chi connectivity index (χ1n) is 14.1. The Bertz CT molecular complexity index is 2180. The van der Waals surface area contributed by atoms with Crippen LogP contribution in [-0.4, -0.2) is 15.0 Å². The van der Waals surface area contributed by atoms with Gasteiger partial charge in [-0.3, -0.25) is 9.97 Å². The number of rotatable bonds is 4. The van der Waals surface area contributed by atoms with Crippen molar-refractivity contribution < 1.29 is 0 Å². The first-order chi connectivity index (χ1) is 20.8. The molecule has 3 nitrogen and oxygen atoms in total. The van der Waals surface area contributed by atoms with Gasteiger partial charge in [0.1, 0.15) is 0 Å². The van der Waals surface area contributed by atoms with E-state index in [0.29, 0.717) is 0 Å². The first kappa shape index (κ1) is 24.2. The van der Waals surface area contributed by atoms with Crippen LogP contribution < -0.4 is 0 Å². The number of nitrogens with zero attached hydrogens (tertiary/aromatic N) is 3. The molecule has 0 amide bonds. The molecule has 3 aromatic heterocycles. The average Bonchev–Trinajstić information content (AvgIpc) is 3.08. The van der Waals surface area contributed by atoms with E-state index in [4.69, 9.17) is 4.98 Å². The van der Waals surface area contributed by atoms with E-state index in [9.17, 15) is 0 Å². The maximum atomic E-state index is 4.98. The van der Waals surface area contributed by atoms with E-state index < -0.39 is 0 Å². The Labute approximate surface area is 243 Å². The highest BCUT2D eigenvalue weighted by Gasteiger charge is 2.16. The number of aromatic nitrogens is 3. The van der Waals surface area contributed by atoms with Gasteiger partial charge in [-0.2, -0.15) is 0 Å². The van der Waals surface area contributed by atoms with Crippen molar-refractivity contribution in [1.29, 1.82) is 0 Å². The second-order valence-electron chi connectivity index (χ2n) is 10.5. The molecule has 0 aliphatic rings. The molecule has 0 radical (unpaired) electrons. The standard InChI is InChI=1S/C39H25N3/c1-2-12-28-26(11-1)23-35(33-16-6-4-13-30(28)33)34-20-19-29(31-14-3-5-15-32(31)34)27-24-38(36-17-7-9-21-40-36)42-39(25-27)37-18-8-10-22-41-37/h1-25H. The van der Waals surface area contributed by atoms with Crippen LogP contribution in [0.15, 0.2) is 152 Å². The Morgan fingerprint density at radius 2 is 0.833 bits per heavy atom. The predicted octanol–water partition coefficient (Wildman–Crippen LogP) is 10.00. The van der Waals surface area contributed by atoms with Crippen molar-refractivity contribution in [3.8, 4) is 45.0 Å². The van der Waals surface area contributed by atoms with E-state index in [1.54, 1.807) is 0 Å². The molecule has 0 bridgehead atoms. The molecule has 8 aromatic rings. The zero-order valence-corrected chi connectivity index (χ0v) is 22.8. The van der Waals surface area contributed by atoms with E-state index in [1.807, 2.05) is 48.8 Å². The Morgan fingerprint density at radius 3 is 1.45 bits per heavy atom. The summed E-state index contributed by atoms with van der Waals surface area (Å²) in [7, 11) is 0. The van der Waals surface area contributed by atoms with Gasteiger partial charge in [-0.25, -0.2) is 4.98 Å². The van der Waals surface area contributed by atoms with Crippen LogP contribution in [0.4, 0.5) is 0 Å². The molecule has 8 rings (SSSR count). The molecule has 0 saturated heterocycles. The Morgan fingerprint density at radius 1 is 0.333 bits per heavy atom. The largest absolute Gasteiger partial charge is 0.255 e. The van der Waals surface area contributed by atoms with Crippen molar-refractivity contribution in [1.82, 2.24) is 15.0 Å². The minimum Gasteiger partial charge on any atom is -0.255 e. The van der Waals surface area contributed by atoms with Crippen LogP contribution in [0.5, 0.6) is 0 Å². The monoisotopic (exact) mass is 535 g/mol. The van der Waals surface area contributed by atoms with Crippen molar-refractivity contribution in [2.24, 2.45) is 0 Å². The Balaban J connectivity index is 1.38. The van der Waals surface area contributed by atoms with Gasteiger partial charge in [0, 0.05) is 12.4 Å². The summed E-state index contributed by atoms with van der Waals surface area (Å²) in [5.41, 5.74) is 8.00. The lowest BCUT2D eigenvalue weighted by atomic mass is 9.88. The summed E-state index contributed by atoms with van der Waals surface area (Å²) >= 11 is 0. The third-order valence-electron chi connectivity index (χ3n) is 7.97. The van der Waals surface area contributed by atoms with Crippen molar-refractivity contribution in [3.63, 3.8) is 0 Å². The summed E-state index contributed by atoms with van der Waals surface area (Å²) in [6, 6.07) is 49.1. The van der Waals surface area contributed by atoms with Crippen molar-refractivity contribution in [2.45, 2.75) is 0 Å². The molecule has 0 aliphatic heterocycles. The molecule has 196 valence electrons. The van der Waals surface area contributed by atoms with Crippen molar-refractivity contribution >= 4 is 32.3 Å². The SMILES string of the molecule is c1ccc(-c2cc(-c3ccc(-c4cc5ccccc5c5ccccc45)c4ccccc34)cc(-c3ccccn3)n2)nc1. The summed E-state index contributed by atoms with van der Waals surface area (Å²) in [4.78, 5) is 14.2. The molecule has 0 spiro atoms. The van der Waals surface area contributed by atoms with Gasteiger partial charge >= 0.3 is 0 Å². The smallest absolute Gasteiger partial charge is 0.0900 e. The molecule has 0 N–H and O–H groups in total. The maximum Gasteiger partial charge on any atom is 0.0900 e. The summed E-state index contributed by atoms with van der Waals surface area (Å²) in [5, 5.41) is 7.45. The van der Waals surface area contributed by atoms with E-state index in [2.05, 4.69) is 113 Å². The fourth-order valence-corrected chi connectivity index (χ4v) is 6.04. The fraction of sp³-hybridized carbons (Fsp3) is 0. The molecule has 0 aliphatic carbocycles. The Hall–Kier alpha value is -5.67. The van der Waals surface area contributed by atoms with Gasteiger partial charge in [0.05, 0.1) is 22.8 Å². The third-order valence-corrected chi connectivity index (χ3v) is 7.97. The predicted molar refractivity (Wildman–Crippen MR) is 174 cm³/mol. The van der Waals surface area contributed by atoms with Gasteiger partial charge in [-0.1, -0.05) is 97.1 Å². The highest BCUT2D eigenvalue weighted by atomic mass is 14.8. The Kier molecular flexibility index (Phi) is 5.79. The molecule has 0 atom stereocenters. The fourth-order valence-electron chi connectivity index (χ4n) is 6.04. The van der Waals surface area contributed by atoms with Gasteiger partial charge in [-0.15, -0.1) is 0 Å². The van der Waals surface area contributed by atoms with E-state index in [-0.39, 0.29) is 0 Å². The van der Waals surface area contributed by atoms with E-state index in [0.717, 1.165) is 33.9 Å². The van der Waals surface area contributed by atoms with Gasteiger partial charge in [-0.05, 0) is 97.0 Å². The van der Waals surface area contributed by atoms with Crippen LogP contribution in [0.1, 0.15) is 0 Å².